The zero-order chi connectivity index (χ0) is 17.4. The third-order valence-electron chi connectivity index (χ3n) is 5.18. The fourth-order valence-corrected chi connectivity index (χ4v) is 3.33. The number of hydrogen-bond donors (Lipinski definition) is 3. The van der Waals surface area contributed by atoms with Gasteiger partial charge in [0.25, 0.3) is 0 Å². The summed E-state index contributed by atoms with van der Waals surface area (Å²) in [6.45, 7) is 6.84. The van der Waals surface area contributed by atoms with Gasteiger partial charge in [0.15, 0.2) is 6.29 Å². The van der Waals surface area contributed by atoms with E-state index in [4.69, 9.17) is 10.00 Å². The van der Waals surface area contributed by atoms with Crippen molar-refractivity contribution in [2.24, 2.45) is 5.41 Å². The number of aliphatic hydroxyl groups excluding tert-OH is 1. The summed E-state index contributed by atoms with van der Waals surface area (Å²) in [6.07, 6.45) is 3.34. The second kappa shape index (κ2) is 9.03. The van der Waals surface area contributed by atoms with Gasteiger partial charge in [0.2, 0.25) is 0 Å². The molecular formula is C19H29N3O2. The molecule has 1 aromatic rings. The summed E-state index contributed by atoms with van der Waals surface area (Å²) in [6, 6.07) is 9.57. The number of hydrogen-bond acceptors (Lipinski definition) is 5. The van der Waals surface area contributed by atoms with Gasteiger partial charge in [0.1, 0.15) is 0 Å². The molecule has 1 heterocycles. The van der Waals surface area contributed by atoms with Crippen LogP contribution in [-0.4, -0.2) is 37.1 Å². The molecule has 0 spiro atoms. The molecule has 1 aromatic carbocycles. The molecule has 2 atom stereocenters. The van der Waals surface area contributed by atoms with Crippen molar-refractivity contribution in [1.29, 1.82) is 5.26 Å². The highest BCUT2D eigenvalue weighted by Crippen LogP contribution is 2.43. The van der Waals surface area contributed by atoms with Crippen molar-refractivity contribution >= 4 is 5.69 Å². The van der Waals surface area contributed by atoms with Gasteiger partial charge in [-0.05, 0) is 56.5 Å². The Morgan fingerprint density at radius 3 is 2.50 bits per heavy atom. The third kappa shape index (κ3) is 4.70. The van der Waals surface area contributed by atoms with Crippen LogP contribution in [0.4, 0.5) is 5.69 Å². The first-order valence-corrected chi connectivity index (χ1v) is 8.92. The van der Waals surface area contributed by atoms with Crippen LogP contribution in [0.15, 0.2) is 24.3 Å². The molecule has 5 heteroatoms. The maximum Gasteiger partial charge on any atom is 0.160 e. The Hall–Kier alpha value is -1.61. The van der Waals surface area contributed by atoms with E-state index in [1.54, 1.807) is 0 Å². The molecular weight excluding hydrogens is 302 g/mol. The number of anilines is 1. The molecule has 1 saturated heterocycles. The largest absolute Gasteiger partial charge is 0.384 e. The molecule has 1 aliphatic rings. The molecule has 24 heavy (non-hydrogen) atoms. The van der Waals surface area contributed by atoms with Crippen LogP contribution in [0.5, 0.6) is 0 Å². The van der Waals surface area contributed by atoms with Crippen LogP contribution < -0.4 is 10.6 Å². The second-order valence-corrected chi connectivity index (χ2v) is 6.54. The van der Waals surface area contributed by atoms with E-state index in [9.17, 15) is 5.11 Å². The zero-order valence-electron chi connectivity index (χ0n) is 14.7. The number of rotatable bonds is 9. The number of aliphatic hydroxyl groups is 1. The van der Waals surface area contributed by atoms with Gasteiger partial charge in [0.05, 0.1) is 17.7 Å². The minimum Gasteiger partial charge on any atom is -0.384 e. The van der Waals surface area contributed by atoms with E-state index >= 15 is 0 Å². The summed E-state index contributed by atoms with van der Waals surface area (Å²) in [5.41, 5.74) is 1.64. The Balaban J connectivity index is 1.59. The van der Waals surface area contributed by atoms with Crippen LogP contribution in [-0.2, 0) is 4.74 Å². The lowest BCUT2D eigenvalue weighted by atomic mass is 9.78. The van der Waals surface area contributed by atoms with Gasteiger partial charge in [-0.1, -0.05) is 13.8 Å². The van der Waals surface area contributed by atoms with Crippen LogP contribution in [0, 0.1) is 16.7 Å². The summed E-state index contributed by atoms with van der Waals surface area (Å²) >= 11 is 0. The summed E-state index contributed by atoms with van der Waals surface area (Å²) in [5, 5.41) is 25.6. The van der Waals surface area contributed by atoms with E-state index in [1.807, 2.05) is 24.3 Å². The van der Waals surface area contributed by atoms with E-state index in [0.717, 1.165) is 51.0 Å². The van der Waals surface area contributed by atoms with Crippen molar-refractivity contribution < 1.29 is 9.84 Å². The van der Waals surface area contributed by atoms with Crippen molar-refractivity contribution in [2.75, 3.05) is 25.0 Å². The standard InChI is InChI=1S/C19H29N3O2/c1-3-19(4-2)13-17(24-18(19)23)9-10-21-11-12-22-16-7-5-15(14-20)6-8-16/h5-8,17-18,21-23H,3-4,9-13H2,1-2H3. The third-order valence-corrected chi connectivity index (χ3v) is 5.18. The fraction of sp³-hybridized carbons (Fsp3) is 0.632. The van der Waals surface area contributed by atoms with Gasteiger partial charge >= 0.3 is 0 Å². The number of nitrogens with one attached hydrogen (secondary N) is 2. The molecule has 0 aliphatic carbocycles. The Morgan fingerprint density at radius 1 is 1.21 bits per heavy atom. The minimum atomic E-state index is -0.615. The maximum atomic E-state index is 10.1. The highest BCUT2D eigenvalue weighted by atomic mass is 16.6. The predicted octanol–water partition coefficient (Wildman–Crippen LogP) is 2.86. The van der Waals surface area contributed by atoms with Gasteiger partial charge in [0, 0.05) is 24.2 Å². The number of benzene rings is 1. The average Bonchev–Trinajstić information content (AvgIpc) is 2.94. The van der Waals surface area contributed by atoms with Crippen LogP contribution >= 0.6 is 0 Å². The van der Waals surface area contributed by atoms with Crippen LogP contribution in [0.25, 0.3) is 0 Å². The smallest absolute Gasteiger partial charge is 0.160 e. The first kappa shape index (κ1) is 18.7. The van der Waals surface area contributed by atoms with Gasteiger partial charge < -0.3 is 20.5 Å². The zero-order valence-corrected chi connectivity index (χ0v) is 14.7. The minimum absolute atomic E-state index is 0.0538. The van der Waals surface area contributed by atoms with Gasteiger partial charge in [-0.15, -0.1) is 0 Å². The summed E-state index contributed by atoms with van der Waals surface area (Å²) in [5.74, 6) is 0. The van der Waals surface area contributed by atoms with Crippen LogP contribution in [0.1, 0.15) is 45.1 Å². The van der Waals surface area contributed by atoms with Crippen molar-refractivity contribution in [3.63, 3.8) is 0 Å². The topological polar surface area (TPSA) is 77.3 Å². The number of nitrogens with zero attached hydrogens (tertiary/aromatic N) is 1. The lowest BCUT2D eigenvalue weighted by Gasteiger charge is -2.27. The Morgan fingerprint density at radius 2 is 1.92 bits per heavy atom. The predicted molar refractivity (Wildman–Crippen MR) is 95.6 cm³/mol. The van der Waals surface area contributed by atoms with Crippen molar-refractivity contribution in [3.05, 3.63) is 29.8 Å². The fourth-order valence-electron chi connectivity index (χ4n) is 3.33. The molecule has 5 nitrogen and oxygen atoms in total. The Bertz CT molecular complexity index is 535. The average molecular weight is 331 g/mol. The lowest BCUT2D eigenvalue weighted by molar-refractivity contribution is -0.138. The Kier molecular flexibility index (Phi) is 7.04. The summed E-state index contributed by atoms with van der Waals surface area (Å²) in [4.78, 5) is 0. The highest BCUT2D eigenvalue weighted by Gasteiger charge is 2.44. The molecule has 3 N–H and O–H groups in total. The van der Waals surface area contributed by atoms with Crippen molar-refractivity contribution in [1.82, 2.24) is 5.32 Å². The molecule has 1 aliphatic heterocycles. The van der Waals surface area contributed by atoms with E-state index in [0.29, 0.717) is 5.56 Å². The van der Waals surface area contributed by atoms with Gasteiger partial charge in [-0.2, -0.15) is 5.26 Å². The normalized spacial score (nSPS) is 22.2. The Labute approximate surface area is 145 Å². The van der Waals surface area contributed by atoms with Crippen LogP contribution in [0.3, 0.4) is 0 Å². The molecule has 2 rings (SSSR count). The van der Waals surface area contributed by atoms with Crippen molar-refractivity contribution in [3.8, 4) is 6.07 Å². The first-order chi connectivity index (χ1) is 11.6. The molecule has 0 amide bonds. The molecule has 2 unspecified atom stereocenters. The van der Waals surface area contributed by atoms with E-state index in [-0.39, 0.29) is 11.5 Å². The maximum absolute atomic E-state index is 10.1. The second-order valence-electron chi connectivity index (χ2n) is 6.54. The molecule has 0 aromatic heterocycles. The summed E-state index contributed by atoms with van der Waals surface area (Å²) in [7, 11) is 0. The van der Waals surface area contributed by atoms with Crippen molar-refractivity contribution in [2.45, 2.75) is 51.9 Å². The summed E-state index contributed by atoms with van der Waals surface area (Å²) < 4.78 is 5.73. The monoisotopic (exact) mass is 331 g/mol. The SMILES string of the molecule is CCC1(CC)CC(CCNCCNc2ccc(C#N)cc2)OC1O. The first-order valence-electron chi connectivity index (χ1n) is 8.92. The van der Waals surface area contributed by atoms with E-state index in [1.165, 1.54) is 0 Å². The highest BCUT2D eigenvalue weighted by molar-refractivity contribution is 5.47. The van der Waals surface area contributed by atoms with Gasteiger partial charge in [-0.3, -0.25) is 0 Å². The molecule has 1 fully saturated rings. The number of nitriles is 1. The number of ether oxygens (including phenoxy) is 1. The van der Waals surface area contributed by atoms with Gasteiger partial charge in [-0.25, -0.2) is 0 Å². The molecule has 132 valence electrons. The molecule has 0 radical (unpaired) electrons. The molecule has 0 saturated carbocycles. The van der Waals surface area contributed by atoms with E-state index in [2.05, 4.69) is 30.6 Å². The van der Waals surface area contributed by atoms with Crippen LogP contribution in [0.2, 0.25) is 0 Å². The molecule has 0 bridgehead atoms. The van der Waals surface area contributed by atoms with E-state index < -0.39 is 6.29 Å². The lowest BCUT2D eigenvalue weighted by Crippen LogP contribution is -2.29. The quantitative estimate of drug-likeness (QED) is 0.607.